The van der Waals surface area contributed by atoms with E-state index < -0.39 is 0 Å². The third-order valence-electron chi connectivity index (χ3n) is 3.98. The van der Waals surface area contributed by atoms with Gasteiger partial charge in [0.1, 0.15) is 17.9 Å². The van der Waals surface area contributed by atoms with E-state index in [1.165, 1.54) is 0 Å². The van der Waals surface area contributed by atoms with Gasteiger partial charge >= 0.3 is 0 Å². The zero-order valence-electron chi connectivity index (χ0n) is 14.8. The Morgan fingerprint density at radius 2 is 1.56 bits per heavy atom. The molecule has 27 heavy (non-hydrogen) atoms. The average Bonchev–Trinajstić information content (AvgIpc) is 2.92. The van der Waals surface area contributed by atoms with Crippen LogP contribution in [0.5, 0.6) is 5.75 Å². The van der Waals surface area contributed by atoms with Crippen molar-refractivity contribution < 1.29 is 4.74 Å². The van der Waals surface area contributed by atoms with E-state index in [-0.39, 0.29) is 11.4 Å². The summed E-state index contributed by atoms with van der Waals surface area (Å²) >= 11 is 0. The number of benzene rings is 2. The first-order valence-electron chi connectivity index (χ1n) is 8.30. The fourth-order valence-electron chi connectivity index (χ4n) is 2.59. The molecule has 1 aliphatic heterocycles. The minimum atomic E-state index is 0.0258. The minimum absolute atomic E-state index is 0.0258. The van der Waals surface area contributed by atoms with Crippen LogP contribution in [0.15, 0.2) is 82.1 Å². The molecular formula is C22H16N4O. The van der Waals surface area contributed by atoms with Gasteiger partial charge in [0.05, 0.1) is 12.8 Å². The number of aliphatic imine (C=N–C) groups is 2. The second-order valence-electron chi connectivity index (χ2n) is 5.73. The van der Waals surface area contributed by atoms with Gasteiger partial charge in [-0.25, -0.2) is 9.98 Å². The van der Waals surface area contributed by atoms with E-state index >= 15 is 0 Å². The number of methoxy groups -OCH3 is 1. The molecule has 0 N–H and O–H groups in total. The smallest absolute Gasteiger partial charge is 0.177 e. The molecule has 5 heteroatoms. The largest absolute Gasteiger partial charge is 0.497 e. The molecule has 2 aromatic carbocycles. The standard InChI is InChI=1S/C22H16N4O/c1-27-19-11-8-16(9-12-19)7-10-18-13-20(17-5-3-2-4-6-17)26-22(15-24)21(14-23)25-18/h2-12H,13H2,1H3/b10-7+. The molecule has 0 spiro atoms. The lowest BCUT2D eigenvalue weighted by Crippen LogP contribution is -2.06. The Morgan fingerprint density at radius 3 is 2.19 bits per heavy atom. The van der Waals surface area contributed by atoms with Gasteiger partial charge in [-0.3, -0.25) is 0 Å². The molecule has 130 valence electrons. The molecule has 2 aromatic rings. The summed E-state index contributed by atoms with van der Waals surface area (Å²) in [7, 11) is 1.62. The molecule has 3 rings (SSSR count). The molecule has 0 saturated heterocycles. The summed E-state index contributed by atoms with van der Waals surface area (Å²) in [5.41, 5.74) is 3.30. The molecule has 0 unspecified atom stereocenters. The molecule has 0 aromatic heterocycles. The number of ether oxygens (including phenoxy) is 1. The van der Waals surface area contributed by atoms with Crippen LogP contribution < -0.4 is 4.74 Å². The second-order valence-corrected chi connectivity index (χ2v) is 5.73. The van der Waals surface area contributed by atoms with Crippen molar-refractivity contribution in [1.29, 1.82) is 10.5 Å². The second kappa shape index (κ2) is 8.42. The summed E-state index contributed by atoms with van der Waals surface area (Å²) < 4.78 is 5.16. The first-order chi connectivity index (χ1) is 13.2. The summed E-state index contributed by atoms with van der Waals surface area (Å²) in [6.07, 6.45) is 4.18. The van der Waals surface area contributed by atoms with Crippen LogP contribution in [-0.4, -0.2) is 18.5 Å². The Morgan fingerprint density at radius 1 is 0.889 bits per heavy atom. The van der Waals surface area contributed by atoms with Crippen LogP contribution in [-0.2, 0) is 0 Å². The first kappa shape index (κ1) is 17.8. The fourth-order valence-corrected chi connectivity index (χ4v) is 2.59. The van der Waals surface area contributed by atoms with Crippen LogP contribution in [0.3, 0.4) is 0 Å². The number of hydrogen-bond acceptors (Lipinski definition) is 5. The summed E-state index contributed by atoms with van der Waals surface area (Å²) in [4.78, 5) is 8.75. The highest BCUT2D eigenvalue weighted by atomic mass is 16.5. The quantitative estimate of drug-likeness (QED) is 0.822. The lowest BCUT2D eigenvalue weighted by molar-refractivity contribution is 0.415. The van der Waals surface area contributed by atoms with Crippen LogP contribution in [0, 0.1) is 22.7 Å². The monoisotopic (exact) mass is 352 g/mol. The summed E-state index contributed by atoms with van der Waals surface area (Å²) in [6.45, 7) is 0. The van der Waals surface area contributed by atoms with Crippen LogP contribution in [0.25, 0.3) is 6.08 Å². The van der Waals surface area contributed by atoms with Gasteiger partial charge in [-0.2, -0.15) is 10.5 Å². The topological polar surface area (TPSA) is 81.5 Å². The van der Waals surface area contributed by atoms with Crippen molar-refractivity contribution in [3.63, 3.8) is 0 Å². The summed E-state index contributed by atoms with van der Waals surface area (Å²) in [5.74, 6) is 0.783. The van der Waals surface area contributed by atoms with Crippen LogP contribution in [0.4, 0.5) is 0 Å². The molecule has 0 fully saturated rings. The Balaban J connectivity index is 1.97. The van der Waals surface area contributed by atoms with Crippen LogP contribution in [0.1, 0.15) is 17.5 Å². The number of hydrogen-bond donors (Lipinski definition) is 0. The van der Waals surface area contributed by atoms with E-state index in [1.807, 2.05) is 78.9 Å². The normalized spacial score (nSPS) is 14.0. The molecule has 0 bridgehead atoms. The molecule has 0 atom stereocenters. The predicted octanol–water partition coefficient (Wildman–Crippen LogP) is 4.30. The summed E-state index contributed by atoms with van der Waals surface area (Å²) in [6, 6.07) is 21.2. The lowest BCUT2D eigenvalue weighted by atomic mass is 10.0. The molecule has 1 aliphatic rings. The highest BCUT2D eigenvalue weighted by Gasteiger charge is 2.15. The maximum absolute atomic E-state index is 9.36. The Bertz CT molecular complexity index is 1030. The molecule has 0 aliphatic carbocycles. The Hall–Kier alpha value is -3.96. The van der Waals surface area contributed by atoms with E-state index in [0.29, 0.717) is 17.8 Å². The summed E-state index contributed by atoms with van der Waals surface area (Å²) in [5, 5.41) is 18.7. The zero-order chi connectivity index (χ0) is 19.1. The van der Waals surface area contributed by atoms with Crippen molar-refractivity contribution in [2.24, 2.45) is 9.98 Å². The van der Waals surface area contributed by atoms with Gasteiger partial charge in [-0.05, 0) is 29.3 Å². The van der Waals surface area contributed by atoms with Gasteiger partial charge in [0, 0.05) is 12.1 Å². The van der Waals surface area contributed by atoms with Gasteiger partial charge in [-0.15, -0.1) is 0 Å². The van der Waals surface area contributed by atoms with Gasteiger partial charge in [0.25, 0.3) is 0 Å². The minimum Gasteiger partial charge on any atom is -0.497 e. The van der Waals surface area contributed by atoms with E-state index in [2.05, 4.69) is 9.98 Å². The van der Waals surface area contributed by atoms with Crippen molar-refractivity contribution in [1.82, 2.24) is 0 Å². The predicted molar refractivity (Wildman–Crippen MR) is 105 cm³/mol. The Labute approximate surface area is 157 Å². The third-order valence-corrected chi connectivity index (χ3v) is 3.98. The molecule has 0 amide bonds. The lowest BCUT2D eigenvalue weighted by Gasteiger charge is -2.05. The third kappa shape index (κ3) is 4.36. The average molecular weight is 352 g/mol. The maximum atomic E-state index is 9.36. The molecule has 5 nitrogen and oxygen atoms in total. The fraction of sp³-hybridized carbons (Fsp3) is 0.0909. The van der Waals surface area contributed by atoms with Crippen molar-refractivity contribution >= 4 is 17.5 Å². The first-order valence-corrected chi connectivity index (χ1v) is 8.30. The number of nitriles is 2. The van der Waals surface area contributed by atoms with Gasteiger partial charge in [0.15, 0.2) is 11.4 Å². The number of nitrogens with zero attached hydrogens (tertiary/aromatic N) is 4. The molecule has 0 saturated carbocycles. The van der Waals surface area contributed by atoms with E-state index in [9.17, 15) is 10.5 Å². The highest BCUT2D eigenvalue weighted by Crippen LogP contribution is 2.19. The van der Waals surface area contributed by atoms with Crippen molar-refractivity contribution in [2.75, 3.05) is 7.11 Å². The number of allylic oxidation sites excluding steroid dienone is 3. The van der Waals surface area contributed by atoms with Crippen LogP contribution in [0.2, 0.25) is 0 Å². The number of rotatable bonds is 4. The van der Waals surface area contributed by atoms with Crippen molar-refractivity contribution in [3.8, 4) is 17.9 Å². The molecule has 1 heterocycles. The molecule has 0 radical (unpaired) electrons. The van der Waals surface area contributed by atoms with E-state index in [0.717, 1.165) is 16.9 Å². The van der Waals surface area contributed by atoms with Gasteiger partial charge in [-0.1, -0.05) is 48.5 Å². The highest BCUT2D eigenvalue weighted by molar-refractivity contribution is 6.17. The van der Waals surface area contributed by atoms with Gasteiger partial charge < -0.3 is 4.74 Å². The van der Waals surface area contributed by atoms with E-state index in [1.54, 1.807) is 7.11 Å². The van der Waals surface area contributed by atoms with Crippen molar-refractivity contribution in [2.45, 2.75) is 6.42 Å². The molecular weight excluding hydrogens is 336 g/mol. The van der Waals surface area contributed by atoms with Crippen LogP contribution >= 0.6 is 0 Å². The van der Waals surface area contributed by atoms with E-state index in [4.69, 9.17) is 4.74 Å². The van der Waals surface area contributed by atoms with Crippen molar-refractivity contribution in [3.05, 3.63) is 83.2 Å². The zero-order valence-corrected chi connectivity index (χ0v) is 14.8. The maximum Gasteiger partial charge on any atom is 0.177 e. The van der Waals surface area contributed by atoms with Gasteiger partial charge in [0.2, 0.25) is 0 Å². The SMILES string of the molecule is COc1ccc(/C=C/C2=NC(C#N)=C(C#N)N=C(c3ccccc3)C2)cc1. The Kier molecular flexibility index (Phi) is 5.57.